The quantitative estimate of drug-likeness (QED) is 0.824. The van der Waals surface area contributed by atoms with E-state index in [9.17, 15) is 13.2 Å². The van der Waals surface area contributed by atoms with Crippen LogP contribution in [0.1, 0.15) is 42.6 Å². The first-order chi connectivity index (χ1) is 13.4. The number of aromatic nitrogens is 2. The maximum Gasteiger partial charge on any atom is 0.573 e. The Hall–Kier alpha value is -2.51. The number of halogens is 3. The van der Waals surface area contributed by atoms with E-state index in [4.69, 9.17) is 0 Å². The van der Waals surface area contributed by atoms with Gasteiger partial charge in [0, 0.05) is 25.2 Å². The van der Waals surface area contributed by atoms with E-state index < -0.39 is 6.36 Å². The molecular formula is C20H23F3N4O. The van der Waals surface area contributed by atoms with Crippen molar-refractivity contribution in [3.8, 4) is 5.75 Å². The van der Waals surface area contributed by atoms with Gasteiger partial charge in [0.15, 0.2) is 0 Å². The van der Waals surface area contributed by atoms with Crippen molar-refractivity contribution < 1.29 is 17.9 Å². The van der Waals surface area contributed by atoms with Crippen LogP contribution in [0.4, 0.5) is 24.8 Å². The fourth-order valence-corrected chi connectivity index (χ4v) is 3.99. The Bertz CT molecular complexity index is 850. The maximum atomic E-state index is 12.4. The van der Waals surface area contributed by atoms with Crippen LogP contribution in [0.15, 0.2) is 24.3 Å². The minimum atomic E-state index is -4.67. The van der Waals surface area contributed by atoms with Crippen LogP contribution in [-0.4, -0.2) is 28.9 Å². The van der Waals surface area contributed by atoms with E-state index in [0.29, 0.717) is 31.4 Å². The molecule has 1 N–H and O–H groups in total. The summed E-state index contributed by atoms with van der Waals surface area (Å²) in [6.07, 6.45) is 0.791. The summed E-state index contributed by atoms with van der Waals surface area (Å²) in [5, 5.41) is 3.51. The van der Waals surface area contributed by atoms with Crippen molar-refractivity contribution in [3.05, 3.63) is 41.2 Å². The SMILES string of the molecule is Cc1nc(NC2CCCC2)cc(N2CCc3cc(OC(F)(F)F)ccc3C2)n1. The van der Waals surface area contributed by atoms with E-state index in [-0.39, 0.29) is 5.75 Å². The van der Waals surface area contributed by atoms with E-state index in [0.717, 1.165) is 35.6 Å². The number of hydrogen-bond acceptors (Lipinski definition) is 5. The molecule has 2 heterocycles. The number of aryl methyl sites for hydroxylation is 1. The van der Waals surface area contributed by atoms with Gasteiger partial charge in [0.2, 0.25) is 0 Å². The molecule has 2 aliphatic rings. The number of hydrogen-bond donors (Lipinski definition) is 1. The second-order valence-electron chi connectivity index (χ2n) is 7.43. The summed E-state index contributed by atoms with van der Waals surface area (Å²) in [5.41, 5.74) is 1.87. The normalized spacial score (nSPS) is 17.5. The van der Waals surface area contributed by atoms with Crippen LogP contribution in [-0.2, 0) is 13.0 Å². The first kappa shape index (κ1) is 18.8. The average Bonchev–Trinajstić information content (AvgIpc) is 3.12. The summed E-state index contributed by atoms with van der Waals surface area (Å²) in [4.78, 5) is 11.2. The minimum absolute atomic E-state index is 0.166. The summed E-state index contributed by atoms with van der Waals surface area (Å²) in [7, 11) is 0. The van der Waals surface area contributed by atoms with Gasteiger partial charge in [-0.05, 0) is 49.4 Å². The first-order valence-corrected chi connectivity index (χ1v) is 9.60. The zero-order chi connectivity index (χ0) is 19.7. The number of alkyl halides is 3. The second kappa shape index (κ2) is 7.48. The monoisotopic (exact) mass is 392 g/mol. The Morgan fingerprint density at radius 3 is 2.64 bits per heavy atom. The molecule has 0 atom stereocenters. The van der Waals surface area contributed by atoms with Crippen LogP contribution in [0, 0.1) is 6.92 Å². The number of rotatable bonds is 4. The molecule has 1 aromatic heterocycles. The molecule has 0 spiro atoms. The van der Waals surface area contributed by atoms with E-state index in [1.807, 2.05) is 13.0 Å². The molecule has 1 aliphatic heterocycles. The van der Waals surface area contributed by atoms with Crippen molar-refractivity contribution >= 4 is 11.6 Å². The van der Waals surface area contributed by atoms with Gasteiger partial charge in [-0.3, -0.25) is 0 Å². The van der Waals surface area contributed by atoms with Crippen molar-refractivity contribution in [2.75, 3.05) is 16.8 Å². The predicted molar refractivity (Wildman–Crippen MR) is 101 cm³/mol. The number of ether oxygens (including phenoxy) is 1. The molecular weight excluding hydrogens is 369 g/mol. The van der Waals surface area contributed by atoms with Gasteiger partial charge in [0.25, 0.3) is 0 Å². The molecule has 8 heteroatoms. The van der Waals surface area contributed by atoms with Crippen molar-refractivity contribution in [2.45, 2.75) is 58.0 Å². The van der Waals surface area contributed by atoms with Gasteiger partial charge in [-0.1, -0.05) is 18.9 Å². The summed E-state index contributed by atoms with van der Waals surface area (Å²) in [6, 6.07) is 6.99. The van der Waals surface area contributed by atoms with Gasteiger partial charge in [-0.25, -0.2) is 9.97 Å². The van der Waals surface area contributed by atoms with Gasteiger partial charge in [0.05, 0.1) is 0 Å². The van der Waals surface area contributed by atoms with Crippen LogP contribution in [0.3, 0.4) is 0 Å². The number of benzene rings is 1. The molecule has 0 unspecified atom stereocenters. The zero-order valence-corrected chi connectivity index (χ0v) is 15.7. The zero-order valence-electron chi connectivity index (χ0n) is 15.7. The van der Waals surface area contributed by atoms with Crippen LogP contribution >= 0.6 is 0 Å². The molecule has 1 fully saturated rings. The fourth-order valence-electron chi connectivity index (χ4n) is 3.99. The lowest BCUT2D eigenvalue weighted by Gasteiger charge is -2.30. The van der Waals surface area contributed by atoms with Crippen LogP contribution in [0.2, 0.25) is 0 Å². The third kappa shape index (κ3) is 4.48. The summed E-state index contributed by atoms with van der Waals surface area (Å²) >= 11 is 0. The lowest BCUT2D eigenvalue weighted by atomic mass is 9.99. The van der Waals surface area contributed by atoms with Crippen molar-refractivity contribution in [3.63, 3.8) is 0 Å². The smallest absolute Gasteiger partial charge is 0.406 e. The van der Waals surface area contributed by atoms with E-state index in [2.05, 4.69) is 24.9 Å². The Morgan fingerprint density at radius 1 is 1.11 bits per heavy atom. The third-order valence-corrected chi connectivity index (χ3v) is 5.28. The van der Waals surface area contributed by atoms with Crippen molar-refractivity contribution in [2.24, 2.45) is 0 Å². The second-order valence-corrected chi connectivity index (χ2v) is 7.43. The number of fused-ring (bicyclic) bond motifs is 1. The average molecular weight is 392 g/mol. The Labute approximate surface area is 161 Å². The number of nitrogens with one attached hydrogen (secondary N) is 1. The lowest BCUT2D eigenvalue weighted by Crippen LogP contribution is -2.31. The van der Waals surface area contributed by atoms with Gasteiger partial charge in [-0.2, -0.15) is 0 Å². The van der Waals surface area contributed by atoms with Gasteiger partial charge in [0.1, 0.15) is 23.2 Å². The van der Waals surface area contributed by atoms with Crippen LogP contribution in [0.25, 0.3) is 0 Å². The highest BCUT2D eigenvalue weighted by Gasteiger charge is 2.31. The van der Waals surface area contributed by atoms with E-state index in [1.165, 1.54) is 25.0 Å². The maximum absolute atomic E-state index is 12.4. The summed E-state index contributed by atoms with van der Waals surface area (Å²) in [5.74, 6) is 2.22. The fraction of sp³-hybridized carbons (Fsp3) is 0.500. The molecule has 0 radical (unpaired) electrons. The number of anilines is 2. The molecule has 5 nitrogen and oxygen atoms in total. The van der Waals surface area contributed by atoms with Gasteiger partial charge in [-0.15, -0.1) is 13.2 Å². The van der Waals surface area contributed by atoms with Crippen LogP contribution < -0.4 is 15.0 Å². The minimum Gasteiger partial charge on any atom is -0.406 e. The van der Waals surface area contributed by atoms with Crippen molar-refractivity contribution in [1.82, 2.24) is 9.97 Å². The summed E-state index contributed by atoms with van der Waals surface area (Å²) in [6.45, 7) is 3.16. The third-order valence-electron chi connectivity index (χ3n) is 5.28. The Balaban J connectivity index is 1.50. The number of nitrogens with zero attached hydrogens (tertiary/aromatic N) is 3. The van der Waals surface area contributed by atoms with Gasteiger partial charge >= 0.3 is 6.36 Å². The molecule has 4 rings (SSSR count). The molecule has 2 aromatic rings. The van der Waals surface area contributed by atoms with Crippen LogP contribution in [0.5, 0.6) is 5.75 Å². The molecule has 0 bridgehead atoms. The standard InChI is InChI=1S/C20H23F3N4O/c1-13-24-18(26-16-4-2-3-5-16)11-19(25-13)27-9-8-14-10-17(28-20(21,22)23)7-6-15(14)12-27/h6-7,10-11,16H,2-5,8-9,12H2,1H3,(H,24,25,26). The molecule has 1 aliphatic carbocycles. The Morgan fingerprint density at radius 2 is 1.89 bits per heavy atom. The highest BCUT2D eigenvalue weighted by Crippen LogP contribution is 2.30. The highest BCUT2D eigenvalue weighted by molar-refractivity contribution is 5.52. The molecule has 1 saturated carbocycles. The Kier molecular flexibility index (Phi) is 5.03. The molecule has 28 heavy (non-hydrogen) atoms. The molecule has 0 amide bonds. The van der Waals surface area contributed by atoms with Gasteiger partial charge < -0.3 is 15.0 Å². The van der Waals surface area contributed by atoms with E-state index in [1.54, 1.807) is 6.07 Å². The largest absolute Gasteiger partial charge is 0.573 e. The predicted octanol–water partition coefficient (Wildman–Crippen LogP) is 4.60. The summed E-state index contributed by atoms with van der Waals surface area (Å²) < 4.78 is 41.3. The molecule has 150 valence electrons. The highest BCUT2D eigenvalue weighted by atomic mass is 19.4. The molecule has 0 saturated heterocycles. The topological polar surface area (TPSA) is 50.3 Å². The van der Waals surface area contributed by atoms with E-state index >= 15 is 0 Å². The lowest BCUT2D eigenvalue weighted by molar-refractivity contribution is -0.274. The first-order valence-electron chi connectivity index (χ1n) is 9.60. The van der Waals surface area contributed by atoms with Crippen molar-refractivity contribution in [1.29, 1.82) is 0 Å². The molecule has 1 aromatic carbocycles.